The zero-order chi connectivity index (χ0) is 19.6. The zero-order valence-electron chi connectivity index (χ0n) is 15.2. The molecule has 2 heterocycles. The smallest absolute Gasteiger partial charge is 0.224 e. The molecule has 1 aliphatic rings. The topological polar surface area (TPSA) is 85.4 Å². The molecule has 0 radical (unpaired) electrons. The van der Waals surface area contributed by atoms with Crippen molar-refractivity contribution in [3.8, 4) is 11.5 Å². The maximum atomic E-state index is 12.2. The quantitative estimate of drug-likeness (QED) is 0.709. The maximum Gasteiger partial charge on any atom is 0.224 e. The number of sulfone groups is 1. The highest BCUT2D eigenvalue weighted by Crippen LogP contribution is 2.29. The summed E-state index contributed by atoms with van der Waals surface area (Å²) in [6.45, 7) is 0. The predicted octanol–water partition coefficient (Wildman–Crippen LogP) is 3.79. The van der Waals surface area contributed by atoms with Gasteiger partial charge in [0.15, 0.2) is 9.84 Å². The van der Waals surface area contributed by atoms with Gasteiger partial charge in [-0.15, -0.1) is 0 Å². The lowest BCUT2D eigenvalue weighted by atomic mass is 10.1. The number of rotatable bonds is 5. The SMILES string of the molecule is O=C(C[C@H]1CCS(=O)(=O)C1)Nc1ccc(Oc2ccnc3ccccc23)cc1. The molecule has 1 atom stereocenters. The van der Waals surface area contributed by atoms with Crippen molar-refractivity contribution in [1.82, 2.24) is 4.98 Å². The van der Waals surface area contributed by atoms with E-state index in [2.05, 4.69) is 10.3 Å². The van der Waals surface area contributed by atoms with Crippen LogP contribution in [-0.4, -0.2) is 30.8 Å². The average molecular weight is 396 g/mol. The normalized spacial score (nSPS) is 18.1. The van der Waals surface area contributed by atoms with Gasteiger partial charge in [0, 0.05) is 23.7 Å². The number of nitrogens with zero attached hydrogens (tertiary/aromatic N) is 1. The van der Waals surface area contributed by atoms with Crippen molar-refractivity contribution in [3.63, 3.8) is 0 Å². The number of ether oxygens (including phenoxy) is 1. The Kier molecular flexibility index (Phi) is 5.00. The van der Waals surface area contributed by atoms with Crippen molar-refractivity contribution >= 4 is 32.3 Å². The summed E-state index contributed by atoms with van der Waals surface area (Å²) in [6, 6.07) is 16.7. The Bertz CT molecular complexity index is 1110. The second-order valence-electron chi connectivity index (χ2n) is 6.97. The Labute approximate surface area is 163 Å². The van der Waals surface area contributed by atoms with Crippen LogP contribution in [-0.2, 0) is 14.6 Å². The summed E-state index contributed by atoms with van der Waals surface area (Å²) in [5.74, 6) is 1.39. The van der Waals surface area contributed by atoms with Crippen LogP contribution >= 0.6 is 0 Å². The van der Waals surface area contributed by atoms with Gasteiger partial charge in [0.1, 0.15) is 11.5 Å². The van der Waals surface area contributed by atoms with Gasteiger partial charge in [0.05, 0.1) is 17.0 Å². The van der Waals surface area contributed by atoms with E-state index in [9.17, 15) is 13.2 Å². The molecule has 1 N–H and O–H groups in total. The van der Waals surface area contributed by atoms with E-state index in [1.54, 1.807) is 30.5 Å². The van der Waals surface area contributed by atoms with Gasteiger partial charge in [-0.1, -0.05) is 12.1 Å². The molecule has 2 aromatic carbocycles. The molecule has 0 bridgehead atoms. The monoisotopic (exact) mass is 396 g/mol. The van der Waals surface area contributed by atoms with Crippen LogP contribution in [0.2, 0.25) is 0 Å². The molecule has 0 spiro atoms. The highest BCUT2D eigenvalue weighted by molar-refractivity contribution is 7.91. The number of anilines is 1. The number of benzene rings is 2. The second kappa shape index (κ2) is 7.59. The highest BCUT2D eigenvalue weighted by Gasteiger charge is 2.29. The number of aromatic nitrogens is 1. The van der Waals surface area contributed by atoms with E-state index in [0.717, 1.165) is 10.9 Å². The minimum absolute atomic E-state index is 0.0902. The van der Waals surface area contributed by atoms with Crippen molar-refractivity contribution in [2.24, 2.45) is 5.92 Å². The average Bonchev–Trinajstić information content (AvgIpc) is 3.02. The number of carbonyl (C=O) groups is 1. The number of pyridine rings is 1. The van der Waals surface area contributed by atoms with Crippen LogP contribution < -0.4 is 10.1 Å². The van der Waals surface area contributed by atoms with Crippen LogP contribution in [0.1, 0.15) is 12.8 Å². The minimum atomic E-state index is -2.97. The molecule has 0 saturated carbocycles. The van der Waals surface area contributed by atoms with Gasteiger partial charge in [-0.05, 0) is 54.8 Å². The molecule has 1 saturated heterocycles. The van der Waals surface area contributed by atoms with Crippen molar-refractivity contribution in [2.45, 2.75) is 12.8 Å². The lowest BCUT2D eigenvalue weighted by molar-refractivity contribution is -0.116. The molecule has 6 nitrogen and oxygen atoms in total. The molecule has 3 aromatic rings. The standard InChI is InChI=1S/C21H20N2O4S/c24-21(13-15-10-12-28(25,26)14-15)23-16-5-7-17(8-6-16)27-20-9-11-22-19-4-2-1-3-18(19)20/h1-9,11,15H,10,12-14H2,(H,23,24)/t15-/m1/s1. The van der Waals surface area contributed by atoms with Gasteiger partial charge in [-0.3, -0.25) is 9.78 Å². The molecule has 28 heavy (non-hydrogen) atoms. The Balaban J connectivity index is 1.39. The molecular formula is C21H20N2O4S. The van der Waals surface area contributed by atoms with E-state index in [1.165, 1.54) is 0 Å². The van der Waals surface area contributed by atoms with Crippen molar-refractivity contribution < 1.29 is 17.9 Å². The van der Waals surface area contributed by atoms with E-state index in [1.807, 2.05) is 30.3 Å². The number of hydrogen-bond acceptors (Lipinski definition) is 5. The number of fused-ring (bicyclic) bond motifs is 1. The van der Waals surface area contributed by atoms with Crippen LogP contribution in [0.3, 0.4) is 0 Å². The van der Waals surface area contributed by atoms with Crippen LogP contribution in [0.15, 0.2) is 60.8 Å². The summed E-state index contributed by atoms with van der Waals surface area (Å²) in [5, 5.41) is 3.74. The lowest BCUT2D eigenvalue weighted by Gasteiger charge is -2.11. The molecule has 0 unspecified atom stereocenters. The van der Waals surface area contributed by atoms with Gasteiger partial charge in [0.25, 0.3) is 0 Å². The van der Waals surface area contributed by atoms with Crippen molar-refractivity contribution in [1.29, 1.82) is 0 Å². The van der Waals surface area contributed by atoms with Crippen LogP contribution in [0.25, 0.3) is 10.9 Å². The molecule has 4 rings (SSSR count). The fourth-order valence-electron chi connectivity index (χ4n) is 3.40. The molecule has 7 heteroatoms. The van der Waals surface area contributed by atoms with E-state index in [4.69, 9.17) is 4.74 Å². The lowest BCUT2D eigenvalue weighted by Crippen LogP contribution is -2.17. The maximum absolute atomic E-state index is 12.2. The fourth-order valence-corrected chi connectivity index (χ4v) is 5.26. The summed E-state index contributed by atoms with van der Waals surface area (Å²) >= 11 is 0. The summed E-state index contributed by atoms with van der Waals surface area (Å²) in [6.07, 6.45) is 2.48. The van der Waals surface area contributed by atoms with Gasteiger partial charge < -0.3 is 10.1 Å². The molecule has 1 aliphatic heterocycles. The van der Waals surface area contributed by atoms with Gasteiger partial charge in [-0.2, -0.15) is 0 Å². The molecule has 1 aromatic heterocycles. The Hall–Kier alpha value is -2.93. The van der Waals surface area contributed by atoms with E-state index in [0.29, 0.717) is 23.6 Å². The number of nitrogens with one attached hydrogen (secondary N) is 1. The molecular weight excluding hydrogens is 376 g/mol. The largest absolute Gasteiger partial charge is 0.457 e. The summed E-state index contributed by atoms with van der Waals surface area (Å²) in [7, 11) is -2.97. The number of hydrogen-bond donors (Lipinski definition) is 1. The first-order chi connectivity index (χ1) is 13.5. The first-order valence-electron chi connectivity index (χ1n) is 9.10. The minimum Gasteiger partial charge on any atom is -0.457 e. The first kappa shape index (κ1) is 18.4. The van der Waals surface area contributed by atoms with Crippen LogP contribution in [0.4, 0.5) is 5.69 Å². The zero-order valence-corrected chi connectivity index (χ0v) is 16.0. The van der Waals surface area contributed by atoms with Gasteiger partial charge >= 0.3 is 0 Å². The third-order valence-corrected chi connectivity index (χ3v) is 6.61. The molecule has 1 fully saturated rings. The van der Waals surface area contributed by atoms with Crippen LogP contribution in [0, 0.1) is 5.92 Å². The fraction of sp³-hybridized carbons (Fsp3) is 0.238. The first-order valence-corrected chi connectivity index (χ1v) is 10.9. The summed E-state index contributed by atoms with van der Waals surface area (Å²) < 4.78 is 29.0. The second-order valence-corrected chi connectivity index (χ2v) is 9.20. The summed E-state index contributed by atoms with van der Waals surface area (Å²) in [4.78, 5) is 16.5. The molecule has 1 amide bonds. The Morgan fingerprint density at radius 1 is 1.11 bits per heavy atom. The van der Waals surface area contributed by atoms with E-state index < -0.39 is 9.84 Å². The summed E-state index contributed by atoms with van der Waals surface area (Å²) in [5.41, 5.74) is 1.51. The number of amides is 1. The predicted molar refractivity (Wildman–Crippen MR) is 108 cm³/mol. The van der Waals surface area contributed by atoms with Crippen LogP contribution in [0.5, 0.6) is 11.5 Å². The number of para-hydroxylation sites is 1. The number of carbonyl (C=O) groups excluding carboxylic acids is 1. The van der Waals surface area contributed by atoms with Crippen molar-refractivity contribution in [2.75, 3.05) is 16.8 Å². The molecule has 0 aliphatic carbocycles. The highest BCUT2D eigenvalue weighted by atomic mass is 32.2. The van der Waals surface area contributed by atoms with Crippen molar-refractivity contribution in [3.05, 3.63) is 60.8 Å². The van der Waals surface area contributed by atoms with E-state index in [-0.39, 0.29) is 29.8 Å². The molecule has 144 valence electrons. The van der Waals surface area contributed by atoms with Gasteiger partial charge in [-0.25, -0.2) is 8.42 Å². The third-order valence-electron chi connectivity index (χ3n) is 4.78. The van der Waals surface area contributed by atoms with E-state index >= 15 is 0 Å². The Morgan fingerprint density at radius 3 is 2.64 bits per heavy atom. The third kappa shape index (κ3) is 4.31. The van der Waals surface area contributed by atoms with Gasteiger partial charge in [0.2, 0.25) is 5.91 Å². The Morgan fingerprint density at radius 2 is 1.89 bits per heavy atom.